The topological polar surface area (TPSA) is 9.23 Å². The van der Waals surface area contributed by atoms with E-state index in [0.717, 1.165) is 12.8 Å². The molecule has 0 aromatic carbocycles. The van der Waals surface area contributed by atoms with Crippen LogP contribution in [0.4, 0.5) is 0 Å². The van der Waals surface area contributed by atoms with Gasteiger partial charge in [0.15, 0.2) is 8.32 Å². The molecule has 118 valence electrons. The van der Waals surface area contributed by atoms with E-state index in [4.69, 9.17) is 4.43 Å². The van der Waals surface area contributed by atoms with E-state index in [0.29, 0.717) is 17.1 Å². The van der Waals surface area contributed by atoms with Crippen molar-refractivity contribution < 1.29 is 4.43 Å². The van der Waals surface area contributed by atoms with Crippen LogP contribution in [0.15, 0.2) is 21.8 Å². The van der Waals surface area contributed by atoms with Crippen molar-refractivity contribution in [1.29, 1.82) is 0 Å². The van der Waals surface area contributed by atoms with Crippen molar-refractivity contribution in [3.8, 4) is 0 Å². The highest BCUT2D eigenvalue weighted by atomic mass is 127. The maximum Gasteiger partial charge on any atom is 0.192 e. The SMILES string of the molecule is CC(/C=C/I)=C\C[C@@H](C)C[C@H](C)O[Si](C)(C)C(C)(C)C. The fourth-order valence-corrected chi connectivity index (χ4v) is 3.97. The Kier molecular flexibility index (Phi) is 8.91. The predicted molar refractivity (Wildman–Crippen MR) is 103 cm³/mol. The van der Waals surface area contributed by atoms with Gasteiger partial charge in [-0.15, -0.1) is 0 Å². The smallest absolute Gasteiger partial charge is 0.192 e. The van der Waals surface area contributed by atoms with Gasteiger partial charge in [-0.3, -0.25) is 0 Å². The molecule has 0 amide bonds. The summed E-state index contributed by atoms with van der Waals surface area (Å²) in [5.41, 5.74) is 1.35. The summed E-state index contributed by atoms with van der Waals surface area (Å²) in [7, 11) is -1.62. The molecule has 0 aliphatic rings. The molecule has 0 saturated carbocycles. The summed E-state index contributed by atoms with van der Waals surface area (Å²) in [4.78, 5) is 0. The molecule has 0 spiro atoms. The summed E-state index contributed by atoms with van der Waals surface area (Å²) in [5.74, 6) is 0.673. The first-order valence-corrected chi connectivity index (χ1v) is 11.8. The molecular formula is C17H33IOSi. The second kappa shape index (κ2) is 8.74. The normalized spacial score (nSPS) is 17.6. The van der Waals surface area contributed by atoms with Gasteiger partial charge in [0.05, 0.1) is 0 Å². The van der Waals surface area contributed by atoms with Crippen molar-refractivity contribution in [2.75, 3.05) is 0 Å². The van der Waals surface area contributed by atoms with Crippen LogP contribution in [-0.4, -0.2) is 14.4 Å². The van der Waals surface area contributed by atoms with Crippen LogP contribution in [0.5, 0.6) is 0 Å². The molecule has 3 heteroatoms. The first kappa shape index (κ1) is 20.4. The highest BCUT2D eigenvalue weighted by molar-refractivity contribution is 14.1. The lowest BCUT2D eigenvalue weighted by Gasteiger charge is -2.39. The van der Waals surface area contributed by atoms with Gasteiger partial charge in [-0.1, -0.05) is 68.0 Å². The van der Waals surface area contributed by atoms with Gasteiger partial charge in [0.25, 0.3) is 0 Å². The average Bonchev–Trinajstić information content (AvgIpc) is 2.24. The zero-order chi connectivity index (χ0) is 16.0. The molecule has 0 heterocycles. The molecule has 0 saturated heterocycles. The van der Waals surface area contributed by atoms with Crippen LogP contribution < -0.4 is 0 Å². The van der Waals surface area contributed by atoms with E-state index >= 15 is 0 Å². The van der Waals surface area contributed by atoms with Crippen molar-refractivity contribution in [2.24, 2.45) is 5.92 Å². The Morgan fingerprint density at radius 1 is 1.25 bits per heavy atom. The number of allylic oxidation sites excluding steroid dienone is 3. The Morgan fingerprint density at radius 3 is 2.25 bits per heavy atom. The minimum atomic E-state index is -1.62. The Balaban J connectivity index is 4.34. The summed E-state index contributed by atoms with van der Waals surface area (Å²) in [6, 6.07) is 0. The van der Waals surface area contributed by atoms with Gasteiger partial charge in [0.1, 0.15) is 0 Å². The lowest BCUT2D eigenvalue weighted by atomic mass is 9.99. The first-order valence-electron chi connectivity index (χ1n) is 7.61. The van der Waals surface area contributed by atoms with Gasteiger partial charge in [0.2, 0.25) is 0 Å². The first-order chi connectivity index (χ1) is 8.99. The summed E-state index contributed by atoms with van der Waals surface area (Å²) in [6.07, 6.45) is 7.13. The van der Waals surface area contributed by atoms with Gasteiger partial charge >= 0.3 is 0 Å². The molecule has 0 aliphatic carbocycles. The van der Waals surface area contributed by atoms with Crippen LogP contribution in [0.2, 0.25) is 18.1 Å². The molecular weight excluding hydrogens is 375 g/mol. The Morgan fingerprint density at radius 2 is 1.80 bits per heavy atom. The molecule has 0 fully saturated rings. The second-order valence-corrected chi connectivity index (χ2v) is 13.0. The molecule has 1 nitrogen and oxygen atoms in total. The molecule has 0 N–H and O–H groups in total. The third-order valence-electron chi connectivity index (χ3n) is 4.20. The van der Waals surface area contributed by atoms with Crippen LogP contribution >= 0.6 is 22.6 Å². The van der Waals surface area contributed by atoms with E-state index in [1.165, 1.54) is 5.57 Å². The largest absolute Gasteiger partial charge is 0.414 e. The standard InChI is InChI=1S/C17H33IOSi/c1-14(11-12-18)9-10-15(2)13-16(3)19-20(7,8)17(4,5)6/h9,11-12,15-16H,10,13H2,1-8H3/b12-11+,14-9+/t15-,16+/m1/s1. The van der Waals surface area contributed by atoms with E-state index < -0.39 is 8.32 Å². The van der Waals surface area contributed by atoms with E-state index in [9.17, 15) is 0 Å². The Hall–Kier alpha value is 0.387. The predicted octanol–water partition coefficient (Wildman–Crippen LogP) is 6.71. The maximum atomic E-state index is 6.43. The highest BCUT2D eigenvalue weighted by Crippen LogP contribution is 2.37. The summed E-state index contributed by atoms with van der Waals surface area (Å²) >= 11 is 2.26. The van der Waals surface area contributed by atoms with E-state index in [1.54, 1.807) is 0 Å². The van der Waals surface area contributed by atoms with Gasteiger partial charge in [0, 0.05) is 6.10 Å². The molecule has 0 rings (SSSR count). The lowest BCUT2D eigenvalue weighted by molar-refractivity contribution is 0.170. The Bertz CT molecular complexity index is 339. The highest BCUT2D eigenvalue weighted by Gasteiger charge is 2.38. The van der Waals surface area contributed by atoms with Crippen molar-refractivity contribution in [2.45, 2.75) is 78.6 Å². The molecule has 0 bridgehead atoms. The fraction of sp³-hybridized carbons (Fsp3) is 0.765. The lowest BCUT2D eigenvalue weighted by Crippen LogP contribution is -2.43. The van der Waals surface area contributed by atoms with Crippen LogP contribution in [0.1, 0.15) is 54.4 Å². The number of hydrogen-bond donors (Lipinski definition) is 0. The van der Waals surface area contributed by atoms with Gasteiger partial charge < -0.3 is 4.43 Å². The quantitative estimate of drug-likeness (QED) is 0.258. The van der Waals surface area contributed by atoms with E-state index in [-0.39, 0.29) is 0 Å². The number of rotatable bonds is 7. The number of hydrogen-bond acceptors (Lipinski definition) is 1. The van der Waals surface area contributed by atoms with Gasteiger partial charge in [-0.05, 0) is 54.8 Å². The summed E-state index contributed by atoms with van der Waals surface area (Å²) in [5, 5.41) is 0.298. The van der Waals surface area contributed by atoms with Crippen molar-refractivity contribution in [3.63, 3.8) is 0 Å². The molecule has 0 aromatic heterocycles. The third kappa shape index (κ3) is 7.98. The maximum absolute atomic E-state index is 6.43. The van der Waals surface area contributed by atoms with E-state index in [2.05, 4.69) is 93.5 Å². The second-order valence-electron chi connectivity index (χ2n) is 7.51. The minimum Gasteiger partial charge on any atom is -0.414 e. The third-order valence-corrected chi connectivity index (χ3v) is 9.17. The molecule has 20 heavy (non-hydrogen) atoms. The average molecular weight is 408 g/mol. The van der Waals surface area contributed by atoms with Crippen molar-refractivity contribution in [1.82, 2.24) is 0 Å². The minimum absolute atomic E-state index is 0.298. The molecule has 0 radical (unpaired) electrons. The number of halogens is 1. The fourth-order valence-electron chi connectivity index (χ4n) is 1.95. The molecule has 0 unspecified atom stereocenters. The summed E-state index contributed by atoms with van der Waals surface area (Å²) < 4.78 is 8.50. The van der Waals surface area contributed by atoms with Crippen LogP contribution in [0, 0.1) is 5.92 Å². The zero-order valence-corrected chi connectivity index (χ0v) is 17.7. The zero-order valence-electron chi connectivity index (χ0n) is 14.6. The van der Waals surface area contributed by atoms with Gasteiger partial charge in [-0.25, -0.2) is 0 Å². The molecule has 2 atom stereocenters. The van der Waals surface area contributed by atoms with Crippen LogP contribution in [-0.2, 0) is 4.43 Å². The monoisotopic (exact) mass is 408 g/mol. The van der Waals surface area contributed by atoms with Crippen LogP contribution in [0.3, 0.4) is 0 Å². The van der Waals surface area contributed by atoms with E-state index in [1.807, 2.05) is 0 Å². The van der Waals surface area contributed by atoms with Gasteiger partial charge in [-0.2, -0.15) is 0 Å². The van der Waals surface area contributed by atoms with Crippen molar-refractivity contribution >= 4 is 30.9 Å². The molecule has 0 aromatic rings. The van der Waals surface area contributed by atoms with Crippen LogP contribution in [0.25, 0.3) is 0 Å². The molecule has 0 aliphatic heterocycles. The Labute approximate surface area is 141 Å². The summed E-state index contributed by atoms with van der Waals surface area (Å²) in [6.45, 7) is 18.3. The van der Waals surface area contributed by atoms with Crippen molar-refractivity contribution in [3.05, 3.63) is 21.8 Å².